The summed E-state index contributed by atoms with van der Waals surface area (Å²) in [5.41, 5.74) is 6.34. The van der Waals surface area contributed by atoms with Gasteiger partial charge in [-0.15, -0.1) is 0 Å². The summed E-state index contributed by atoms with van der Waals surface area (Å²) in [5.74, 6) is -0.0911. The van der Waals surface area contributed by atoms with Crippen molar-refractivity contribution >= 4 is 17.8 Å². The molecule has 1 amide bonds. The summed E-state index contributed by atoms with van der Waals surface area (Å²) in [7, 11) is 0. The second kappa shape index (κ2) is 11.4. The van der Waals surface area contributed by atoms with Crippen LogP contribution in [-0.2, 0) is 28.9 Å². The highest BCUT2D eigenvalue weighted by Gasteiger charge is 2.30. The molecule has 190 valence electrons. The van der Waals surface area contributed by atoms with Gasteiger partial charge in [-0.05, 0) is 35.7 Å². The molecule has 6 nitrogen and oxygen atoms in total. The van der Waals surface area contributed by atoms with Crippen LogP contribution in [0.4, 0.5) is 5.69 Å². The molecule has 0 unspecified atom stereocenters. The monoisotopic (exact) mass is 494 g/mol. The molecule has 1 aliphatic heterocycles. The Balaban J connectivity index is 1.33. The van der Waals surface area contributed by atoms with Crippen LogP contribution in [0.25, 0.3) is 0 Å². The molecule has 0 saturated carbocycles. The summed E-state index contributed by atoms with van der Waals surface area (Å²) in [6.07, 6.45) is 2.66. The van der Waals surface area contributed by atoms with Gasteiger partial charge in [0.1, 0.15) is 11.8 Å². The van der Waals surface area contributed by atoms with E-state index in [1.54, 1.807) is 0 Å². The van der Waals surface area contributed by atoms with Crippen molar-refractivity contribution in [3.05, 3.63) is 113 Å². The fraction of sp³-hybridized carbons (Fsp3) is 0.290. The minimum Gasteiger partial charge on any atom is -0.482 e. The Morgan fingerprint density at radius 3 is 2.27 bits per heavy atom. The molecule has 0 atom stereocenters. The van der Waals surface area contributed by atoms with Gasteiger partial charge in [-0.25, -0.2) is 0 Å². The molecule has 0 spiro atoms. The van der Waals surface area contributed by atoms with Crippen molar-refractivity contribution in [1.82, 2.24) is 9.80 Å². The Morgan fingerprint density at radius 2 is 1.62 bits per heavy atom. The highest BCUT2D eigenvalue weighted by Crippen LogP contribution is 2.27. The summed E-state index contributed by atoms with van der Waals surface area (Å²) >= 11 is 0. The number of aryl methyl sites for hydroxylation is 1. The summed E-state index contributed by atoms with van der Waals surface area (Å²) in [6.45, 7) is 6.19. The van der Waals surface area contributed by atoms with Gasteiger partial charge >= 0.3 is 0 Å². The van der Waals surface area contributed by atoms with Gasteiger partial charge in [-0.1, -0.05) is 72.3 Å². The second-order valence-corrected chi connectivity index (χ2v) is 9.85. The SMILES string of the molecule is Cc1cccc(CN2CCN(/C(C=N)=C(\OC3Cc4ccccc4C3)C(=O)Nc3ccccc3)CC2)c1. The zero-order chi connectivity index (χ0) is 25.6. The molecule has 0 radical (unpaired) electrons. The zero-order valence-corrected chi connectivity index (χ0v) is 21.3. The third-order valence-corrected chi connectivity index (χ3v) is 7.11. The first-order chi connectivity index (χ1) is 18.1. The van der Waals surface area contributed by atoms with E-state index in [-0.39, 0.29) is 17.8 Å². The number of rotatable bonds is 8. The number of ether oxygens (including phenoxy) is 1. The van der Waals surface area contributed by atoms with Crippen LogP contribution >= 0.6 is 0 Å². The van der Waals surface area contributed by atoms with Gasteiger partial charge in [-0.2, -0.15) is 0 Å². The fourth-order valence-electron chi connectivity index (χ4n) is 5.22. The van der Waals surface area contributed by atoms with E-state index in [1.165, 1.54) is 28.5 Å². The molecular formula is C31H34N4O2. The number of carbonyl (C=O) groups excluding carboxylic acids is 1. The molecule has 5 rings (SSSR count). The van der Waals surface area contributed by atoms with E-state index in [4.69, 9.17) is 10.1 Å². The Labute approximate surface area is 219 Å². The van der Waals surface area contributed by atoms with Crippen LogP contribution in [0, 0.1) is 12.3 Å². The number of amides is 1. The van der Waals surface area contributed by atoms with Gasteiger partial charge in [0.15, 0.2) is 0 Å². The molecule has 1 heterocycles. The Morgan fingerprint density at radius 1 is 0.946 bits per heavy atom. The number of piperazine rings is 1. The first-order valence-electron chi connectivity index (χ1n) is 13.0. The number of nitrogens with one attached hydrogen (secondary N) is 2. The quantitative estimate of drug-likeness (QED) is 0.268. The predicted molar refractivity (Wildman–Crippen MR) is 148 cm³/mol. The smallest absolute Gasteiger partial charge is 0.293 e. The molecule has 3 aromatic carbocycles. The van der Waals surface area contributed by atoms with E-state index in [9.17, 15) is 4.79 Å². The van der Waals surface area contributed by atoms with Crippen LogP contribution in [-0.4, -0.2) is 54.2 Å². The first-order valence-corrected chi connectivity index (χ1v) is 13.0. The number of allylic oxidation sites excluding steroid dienone is 1. The number of hydrogen-bond acceptors (Lipinski definition) is 5. The lowest BCUT2D eigenvalue weighted by Gasteiger charge is -2.37. The molecule has 6 heteroatoms. The average molecular weight is 495 g/mol. The normalized spacial score (nSPS) is 16.6. The Bertz CT molecular complexity index is 1250. The number of carbonyl (C=O) groups is 1. The maximum Gasteiger partial charge on any atom is 0.293 e. The van der Waals surface area contributed by atoms with E-state index in [0.717, 1.165) is 45.6 Å². The zero-order valence-electron chi connectivity index (χ0n) is 21.3. The highest BCUT2D eigenvalue weighted by molar-refractivity contribution is 6.05. The van der Waals surface area contributed by atoms with Crippen molar-refractivity contribution in [2.45, 2.75) is 32.4 Å². The van der Waals surface area contributed by atoms with Crippen LogP contribution < -0.4 is 5.32 Å². The summed E-state index contributed by atoms with van der Waals surface area (Å²) in [5, 5.41) is 11.2. The lowest BCUT2D eigenvalue weighted by Crippen LogP contribution is -2.46. The molecule has 0 bridgehead atoms. The fourth-order valence-corrected chi connectivity index (χ4v) is 5.22. The molecule has 1 aliphatic carbocycles. The lowest BCUT2D eigenvalue weighted by molar-refractivity contribution is -0.117. The van der Waals surface area contributed by atoms with E-state index in [2.05, 4.69) is 58.4 Å². The third-order valence-electron chi connectivity index (χ3n) is 7.11. The average Bonchev–Trinajstić information content (AvgIpc) is 3.33. The van der Waals surface area contributed by atoms with Crippen molar-refractivity contribution in [2.75, 3.05) is 31.5 Å². The lowest BCUT2D eigenvalue weighted by atomic mass is 10.1. The van der Waals surface area contributed by atoms with Crippen LogP contribution in [0.2, 0.25) is 0 Å². The Kier molecular flexibility index (Phi) is 7.66. The second-order valence-electron chi connectivity index (χ2n) is 9.85. The first kappa shape index (κ1) is 24.8. The van der Waals surface area contributed by atoms with E-state index in [1.807, 2.05) is 42.5 Å². The third kappa shape index (κ3) is 6.09. The molecule has 3 aromatic rings. The maximum atomic E-state index is 13.5. The van der Waals surface area contributed by atoms with Crippen molar-refractivity contribution < 1.29 is 9.53 Å². The van der Waals surface area contributed by atoms with Crippen LogP contribution in [0.15, 0.2) is 90.3 Å². The molecule has 2 aliphatic rings. The van der Waals surface area contributed by atoms with Crippen LogP contribution in [0.1, 0.15) is 22.3 Å². The number of para-hydroxylation sites is 1. The largest absolute Gasteiger partial charge is 0.482 e. The molecule has 37 heavy (non-hydrogen) atoms. The van der Waals surface area contributed by atoms with Gasteiger partial charge in [-0.3, -0.25) is 9.69 Å². The molecule has 1 saturated heterocycles. The van der Waals surface area contributed by atoms with E-state index in [0.29, 0.717) is 11.4 Å². The van der Waals surface area contributed by atoms with Gasteiger partial charge in [0.25, 0.3) is 5.91 Å². The summed E-state index contributed by atoms with van der Waals surface area (Å²) in [4.78, 5) is 18.1. The van der Waals surface area contributed by atoms with E-state index < -0.39 is 0 Å². The molecule has 1 fully saturated rings. The minimum atomic E-state index is -0.317. The topological polar surface area (TPSA) is 68.7 Å². The number of nitrogens with zero attached hydrogens (tertiary/aromatic N) is 2. The standard InChI is InChI=1S/C31H34N4O2/c1-23-8-7-9-24(18-23)22-34-14-16-35(17-15-34)29(21-32)30(31(36)33-27-12-3-2-4-13-27)37-28-19-25-10-5-6-11-26(25)20-28/h2-13,18,21,28,32H,14-17,19-20,22H2,1H3,(H,33,36)/b30-29-,32-21?. The van der Waals surface area contributed by atoms with Crippen molar-refractivity contribution in [3.8, 4) is 0 Å². The molecule has 2 N–H and O–H groups in total. The van der Waals surface area contributed by atoms with Crippen molar-refractivity contribution in [2.24, 2.45) is 0 Å². The maximum absolute atomic E-state index is 13.5. The number of fused-ring (bicyclic) bond motifs is 1. The summed E-state index contributed by atoms with van der Waals surface area (Å²) in [6, 6.07) is 26.4. The summed E-state index contributed by atoms with van der Waals surface area (Å²) < 4.78 is 6.43. The van der Waals surface area contributed by atoms with E-state index >= 15 is 0 Å². The van der Waals surface area contributed by atoms with Gasteiger partial charge in [0.05, 0.1) is 0 Å². The predicted octanol–water partition coefficient (Wildman–Crippen LogP) is 4.80. The highest BCUT2D eigenvalue weighted by atomic mass is 16.5. The van der Waals surface area contributed by atoms with Crippen molar-refractivity contribution in [3.63, 3.8) is 0 Å². The van der Waals surface area contributed by atoms with Gasteiger partial charge in [0, 0.05) is 57.5 Å². The van der Waals surface area contributed by atoms with Crippen LogP contribution in [0.5, 0.6) is 0 Å². The molecular weight excluding hydrogens is 460 g/mol. The van der Waals surface area contributed by atoms with Crippen molar-refractivity contribution in [1.29, 1.82) is 5.41 Å². The number of hydrogen-bond donors (Lipinski definition) is 2. The van der Waals surface area contributed by atoms with Gasteiger partial charge < -0.3 is 20.4 Å². The number of benzene rings is 3. The molecule has 0 aromatic heterocycles. The van der Waals surface area contributed by atoms with Gasteiger partial charge in [0.2, 0.25) is 5.76 Å². The number of anilines is 1. The minimum absolute atomic E-state index is 0.133. The van der Waals surface area contributed by atoms with Crippen LogP contribution in [0.3, 0.4) is 0 Å². The Hall–Kier alpha value is -3.90.